The highest BCUT2D eigenvalue weighted by atomic mass is 32.1. The van der Waals surface area contributed by atoms with Crippen molar-refractivity contribution in [3.8, 4) is 0 Å². The summed E-state index contributed by atoms with van der Waals surface area (Å²) in [6.07, 6.45) is 0.537. The van der Waals surface area contributed by atoms with Crippen molar-refractivity contribution in [1.82, 2.24) is 9.88 Å². The molecule has 1 unspecified atom stereocenters. The highest BCUT2D eigenvalue weighted by Crippen LogP contribution is 2.16. The molecule has 0 aliphatic carbocycles. The van der Waals surface area contributed by atoms with E-state index in [9.17, 15) is 4.79 Å². The number of nitrogens with two attached hydrogens (primary N) is 1. The van der Waals surface area contributed by atoms with Crippen LogP contribution in [0, 0.1) is 6.92 Å². The molecule has 1 heterocycles. The summed E-state index contributed by atoms with van der Waals surface area (Å²) in [4.78, 5) is 18.9. The molecule has 0 spiro atoms. The normalized spacial score (nSPS) is 12.2. The molecule has 1 aromatic heterocycles. The minimum atomic E-state index is -0.0243. The number of carbonyl (C=O) groups is 1. The van der Waals surface area contributed by atoms with Crippen LogP contribution in [0.4, 0.5) is 0 Å². The minimum absolute atomic E-state index is 0.00602. The fourth-order valence-corrected chi connectivity index (χ4v) is 2.32. The quantitative estimate of drug-likeness (QED) is 0.832. The third-order valence-corrected chi connectivity index (χ3v) is 3.50. The van der Waals surface area contributed by atoms with Gasteiger partial charge in [-0.3, -0.25) is 4.79 Å². The number of hydrogen-bond donors (Lipinski definition) is 1. The minimum Gasteiger partial charge on any atom is -0.393 e. The van der Waals surface area contributed by atoms with Crippen LogP contribution >= 0.6 is 23.6 Å². The predicted molar refractivity (Wildman–Crippen MR) is 69.8 cm³/mol. The topological polar surface area (TPSA) is 59.2 Å². The van der Waals surface area contributed by atoms with Crippen LogP contribution in [0.2, 0.25) is 0 Å². The van der Waals surface area contributed by atoms with Gasteiger partial charge < -0.3 is 10.6 Å². The first kappa shape index (κ1) is 13.1. The Labute approximate surface area is 104 Å². The molecular weight excluding hydrogens is 242 g/mol. The van der Waals surface area contributed by atoms with Crippen molar-refractivity contribution >= 4 is 34.5 Å². The van der Waals surface area contributed by atoms with Gasteiger partial charge in [-0.15, -0.1) is 11.3 Å². The molecule has 1 rings (SSSR count). The summed E-state index contributed by atoms with van der Waals surface area (Å²) in [5.41, 5.74) is 7.91. The zero-order valence-electron chi connectivity index (χ0n) is 9.56. The largest absolute Gasteiger partial charge is 0.393 e. The van der Waals surface area contributed by atoms with E-state index in [1.807, 2.05) is 13.8 Å². The molecule has 0 radical (unpaired) electrons. The van der Waals surface area contributed by atoms with Crippen molar-refractivity contribution in [2.24, 2.45) is 5.73 Å². The van der Waals surface area contributed by atoms with E-state index in [-0.39, 0.29) is 11.9 Å². The van der Waals surface area contributed by atoms with Crippen molar-refractivity contribution in [2.45, 2.75) is 26.3 Å². The average Bonchev–Trinajstić information content (AvgIpc) is 2.61. The van der Waals surface area contributed by atoms with Gasteiger partial charge in [0.25, 0.3) is 5.91 Å². The van der Waals surface area contributed by atoms with E-state index in [0.29, 0.717) is 16.3 Å². The van der Waals surface area contributed by atoms with E-state index in [1.54, 1.807) is 17.5 Å². The molecule has 0 saturated heterocycles. The lowest BCUT2D eigenvalue weighted by atomic mass is 10.2. The fourth-order valence-electron chi connectivity index (χ4n) is 1.30. The van der Waals surface area contributed by atoms with Crippen LogP contribution in [0.25, 0.3) is 0 Å². The van der Waals surface area contributed by atoms with Crippen LogP contribution in [0.3, 0.4) is 0 Å². The van der Waals surface area contributed by atoms with Crippen LogP contribution in [0.15, 0.2) is 5.51 Å². The molecule has 0 saturated carbocycles. The van der Waals surface area contributed by atoms with Gasteiger partial charge in [-0.05, 0) is 13.8 Å². The Hall–Kier alpha value is -1.01. The van der Waals surface area contributed by atoms with Crippen LogP contribution in [0.1, 0.15) is 28.7 Å². The first-order valence-electron chi connectivity index (χ1n) is 4.89. The summed E-state index contributed by atoms with van der Waals surface area (Å²) in [5, 5.41) is 0. The zero-order chi connectivity index (χ0) is 12.3. The molecular formula is C10H15N3OS2. The number of carbonyl (C=O) groups excluding carboxylic acids is 1. The van der Waals surface area contributed by atoms with Crippen molar-refractivity contribution in [3.05, 3.63) is 16.1 Å². The van der Waals surface area contributed by atoms with Crippen LogP contribution in [0.5, 0.6) is 0 Å². The highest BCUT2D eigenvalue weighted by molar-refractivity contribution is 7.80. The van der Waals surface area contributed by atoms with Crippen molar-refractivity contribution < 1.29 is 4.79 Å². The summed E-state index contributed by atoms with van der Waals surface area (Å²) in [7, 11) is 1.75. The monoisotopic (exact) mass is 257 g/mol. The van der Waals surface area contributed by atoms with Gasteiger partial charge in [0.05, 0.1) is 16.2 Å². The number of hydrogen-bond acceptors (Lipinski definition) is 4. The predicted octanol–water partition coefficient (Wildman–Crippen LogP) is 1.59. The van der Waals surface area contributed by atoms with E-state index in [0.717, 1.165) is 5.69 Å². The lowest BCUT2D eigenvalue weighted by molar-refractivity contribution is 0.0752. The second-order valence-electron chi connectivity index (χ2n) is 3.70. The molecule has 1 aromatic rings. The third kappa shape index (κ3) is 2.99. The van der Waals surface area contributed by atoms with Gasteiger partial charge in [-0.2, -0.15) is 0 Å². The average molecular weight is 257 g/mol. The number of thiazole rings is 1. The lowest BCUT2D eigenvalue weighted by Crippen LogP contribution is -2.37. The number of amides is 1. The van der Waals surface area contributed by atoms with Crippen molar-refractivity contribution in [2.75, 3.05) is 7.05 Å². The van der Waals surface area contributed by atoms with Crippen molar-refractivity contribution in [3.63, 3.8) is 0 Å². The molecule has 0 aromatic carbocycles. The van der Waals surface area contributed by atoms with Crippen LogP contribution in [-0.2, 0) is 0 Å². The molecule has 6 heteroatoms. The van der Waals surface area contributed by atoms with E-state index >= 15 is 0 Å². The Morgan fingerprint density at radius 2 is 2.38 bits per heavy atom. The smallest absolute Gasteiger partial charge is 0.265 e. The molecule has 1 atom stereocenters. The number of aryl methyl sites for hydroxylation is 1. The van der Waals surface area contributed by atoms with Gasteiger partial charge >= 0.3 is 0 Å². The Bertz CT molecular complexity index is 403. The SMILES string of the molecule is Cc1ncsc1C(=O)N(C)C(C)CC(N)=S. The maximum absolute atomic E-state index is 12.1. The van der Waals surface area contributed by atoms with E-state index in [1.165, 1.54) is 11.3 Å². The first-order chi connectivity index (χ1) is 7.43. The van der Waals surface area contributed by atoms with Gasteiger partial charge in [0.2, 0.25) is 0 Å². The summed E-state index contributed by atoms with van der Waals surface area (Å²) in [6.45, 7) is 3.75. The van der Waals surface area contributed by atoms with Gasteiger partial charge in [0.1, 0.15) is 4.88 Å². The van der Waals surface area contributed by atoms with Crippen molar-refractivity contribution in [1.29, 1.82) is 0 Å². The number of rotatable bonds is 4. The third-order valence-electron chi connectivity index (χ3n) is 2.42. The second-order valence-corrected chi connectivity index (χ2v) is 5.08. The fraction of sp³-hybridized carbons (Fsp3) is 0.500. The summed E-state index contributed by atoms with van der Waals surface area (Å²) in [6, 6.07) is 0.00602. The molecule has 0 aliphatic rings. The molecule has 0 fully saturated rings. The van der Waals surface area contributed by atoms with Gasteiger partial charge in [0, 0.05) is 19.5 Å². The van der Waals surface area contributed by atoms with Gasteiger partial charge in [-0.1, -0.05) is 12.2 Å². The molecule has 88 valence electrons. The van der Waals surface area contributed by atoms with Crippen LogP contribution in [-0.4, -0.2) is 33.9 Å². The first-order valence-corrected chi connectivity index (χ1v) is 6.17. The Morgan fingerprint density at radius 1 is 1.75 bits per heavy atom. The number of thiocarbonyl (C=S) groups is 1. The molecule has 2 N–H and O–H groups in total. The summed E-state index contributed by atoms with van der Waals surface area (Å²) in [5.74, 6) is -0.0243. The molecule has 1 amide bonds. The standard InChI is InChI=1S/C10H15N3OS2/c1-6(4-8(11)15)13(3)10(14)9-7(2)12-5-16-9/h5-6H,4H2,1-3H3,(H2,11,15). The number of aromatic nitrogens is 1. The Kier molecular flexibility index (Phi) is 4.37. The van der Waals surface area contributed by atoms with Crippen LogP contribution < -0.4 is 5.73 Å². The molecule has 4 nitrogen and oxygen atoms in total. The number of nitrogens with zero attached hydrogens (tertiary/aromatic N) is 2. The Morgan fingerprint density at radius 3 is 2.81 bits per heavy atom. The summed E-state index contributed by atoms with van der Waals surface area (Å²) < 4.78 is 0. The maximum Gasteiger partial charge on any atom is 0.265 e. The molecule has 16 heavy (non-hydrogen) atoms. The van der Waals surface area contributed by atoms with Gasteiger partial charge in [0.15, 0.2) is 0 Å². The van der Waals surface area contributed by atoms with E-state index in [2.05, 4.69) is 4.98 Å². The van der Waals surface area contributed by atoms with Gasteiger partial charge in [-0.25, -0.2) is 4.98 Å². The second kappa shape index (κ2) is 5.36. The molecule has 0 bridgehead atoms. The van der Waals surface area contributed by atoms with E-state index in [4.69, 9.17) is 18.0 Å². The molecule has 0 aliphatic heterocycles. The Balaban J connectivity index is 2.75. The van der Waals surface area contributed by atoms with E-state index < -0.39 is 0 Å². The highest BCUT2D eigenvalue weighted by Gasteiger charge is 2.20. The summed E-state index contributed by atoms with van der Waals surface area (Å²) >= 11 is 6.19. The maximum atomic E-state index is 12.1. The lowest BCUT2D eigenvalue weighted by Gasteiger charge is -2.24. The zero-order valence-corrected chi connectivity index (χ0v) is 11.2.